The van der Waals surface area contributed by atoms with Gasteiger partial charge in [-0.2, -0.15) is 10.4 Å². The maximum Gasteiger partial charge on any atom is 0.573 e. The predicted octanol–water partition coefficient (Wildman–Crippen LogP) is 4.38. The van der Waals surface area contributed by atoms with Crippen molar-refractivity contribution >= 4 is 41.3 Å². The van der Waals surface area contributed by atoms with Gasteiger partial charge < -0.3 is 14.4 Å². The van der Waals surface area contributed by atoms with Gasteiger partial charge in [0.05, 0.1) is 34.5 Å². The highest BCUT2D eigenvalue weighted by molar-refractivity contribution is 6.38. The maximum absolute atomic E-state index is 12.6. The van der Waals surface area contributed by atoms with Crippen molar-refractivity contribution in [2.45, 2.75) is 24.6 Å². The van der Waals surface area contributed by atoms with E-state index >= 15 is 0 Å². The molecule has 8 nitrogen and oxygen atoms in total. The summed E-state index contributed by atoms with van der Waals surface area (Å²) in [6, 6.07) is 3.76. The Balaban J connectivity index is 2.26. The first-order chi connectivity index (χ1) is 14.9. The van der Waals surface area contributed by atoms with Crippen molar-refractivity contribution in [2.75, 3.05) is 21.2 Å². The van der Waals surface area contributed by atoms with Crippen LogP contribution in [0.3, 0.4) is 0 Å². The molecule has 1 aromatic carbocycles. The third-order valence-corrected chi connectivity index (χ3v) is 5.19. The van der Waals surface area contributed by atoms with Crippen LogP contribution in [0, 0.1) is 11.3 Å². The van der Waals surface area contributed by atoms with Crippen LogP contribution in [0.15, 0.2) is 17.1 Å². The van der Waals surface area contributed by atoms with Gasteiger partial charge in [-0.05, 0) is 12.8 Å². The van der Waals surface area contributed by atoms with Crippen LogP contribution >= 0.6 is 23.2 Å². The lowest BCUT2D eigenvalue weighted by Crippen LogP contribution is -2.22. The smallest absolute Gasteiger partial charge is 0.468 e. The number of halogens is 5. The topological polar surface area (TPSA) is 92.7 Å². The van der Waals surface area contributed by atoms with Crippen molar-refractivity contribution < 1.29 is 27.4 Å². The summed E-state index contributed by atoms with van der Waals surface area (Å²) in [5.74, 6) is -1.11. The number of carbonyl (C=O) groups is 1. The number of hydrogen-bond donors (Lipinski definition) is 0. The normalized spacial score (nSPS) is 14.8. The molecule has 0 atom stereocenters. The Labute approximate surface area is 190 Å². The minimum absolute atomic E-state index is 0.0304. The fourth-order valence-corrected chi connectivity index (χ4v) is 3.81. The van der Waals surface area contributed by atoms with Crippen LogP contribution in [0.2, 0.25) is 10.0 Å². The Morgan fingerprint density at radius 3 is 2.38 bits per heavy atom. The van der Waals surface area contributed by atoms with Crippen LogP contribution in [0.5, 0.6) is 5.75 Å². The van der Waals surface area contributed by atoms with Gasteiger partial charge >= 0.3 is 12.3 Å². The Morgan fingerprint density at radius 2 is 1.94 bits per heavy atom. The van der Waals surface area contributed by atoms with Crippen LogP contribution in [0.25, 0.3) is 5.69 Å². The number of aliphatic imine (C=N–C) groups is 1. The third-order valence-electron chi connectivity index (χ3n) is 4.62. The van der Waals surface area contributed by atoms with Gasteiger partial charge in [0.15, 0.2) is 11.5 Å². The molecule has 1 fully saturated rings. The fourth-order valence-electron chi connectivity index (χ4n) is 3.19. The van der Waals surface area contributed by atoms with Crippen molar-refractivity contribution in [3.05, 3.63) is 33.4 Å². The van der Waals surface area contributed by atoms with Crippen LogP contribution in [-0.2, 0) is 14.9 Å². The molecule has 0 bridgehead atoms. The molecule has 1 saturated carbocycles. The molecule has 0 N–H and O–H groups in total. The number of ether oxygens (including phenoxy) is 2. The molecule has 0 spiro atoms. The van der Waals surface area contributed by atoms with Crippen LogP contribution in [-0.4, -0.2) is 54.6 Å². The van der Waals surface area contributed by atoms with E-state index in [9.17, 15) is 23.2 Å². The van der Waals surface area contributed by atoms with Gasteiger partial charge in [-0.1, -0.05) is 23.2 Å². The second-order valence-corrected chi connectivity index (χ2v) is 7.95. The Bertz CT molecular complexity index is 1110. The van der Waals surface area contributed by atoms with Crippen molar-refractivity contribution in [1.82, 2.24) is 14.7 Å². The van der Waals surface area contributed by atoms with E-state index in [2.05, 4.69) is 14.8 Å². The van der Waals surface area contributed by atoms with E-state index in [0.717, 1.165) is 16.8 Å². The van der Waals surface area contributed by atoms with E-state index in [4.69, 9.17) is 27.9 Å². The summed E-state index contributed by atoms with van der Waals surface area (Å²) in [5.41, 5.74) is -1.03. The number of rotatable bonds is 6. The van der Waals surface area contributed by atoms with Crippen LogP contribution < -0.4 is 4.74 Å². The third kappa shape index (κ3) is 4.47. The summed E-state index contributed by atoms with van der Waals surface area (Å²) >= 11 is 12.5. The SMILES string of the molecule is COC(=O)C1(c2c(C#N)nn(-c3c(Cl)cc(OC(F)(F)F)cc3Cl)c2N=CN(C)C)CC1. The molecule has 3 rings (SSSR count). The first-order valence-electron chi connectivity index (χ1n) is 9.01. The number of methoxy groups -OCH3 is 1. The van der Waals surface area contributed by atoms with Crippen molar-refractivity contribution in [3.63, 3.8) is 0 Å². The van der Waals surface area contributed by atoms with Crippen LogP contribution in [0.1, 0.15) is 24.1 Å². The molecule has 1 heterocycles. The number of nitrogens with zero attached hydrogens (tertiary/aromatic N) is 5. The number of esters is 1. The second kappa shape index (κ2) is 8.52. The molecule has 0 radical (unpaired) electrons. The van der Waals surface area contributed by atoms with Crippen molar-refractivity contribution in [2.24, 2.45) is 4.99 Å². The van der Waals surface area contributed by atoms with E-state index < -0.39 is 23.5 Å². The van der Waals surface area contributed by atoms with E-state index in [1.54, 1.807) is 19.0 Å². The molecule has 0 amide bonds. The first-order valence-corrected chi connectivity index (χ1v) is 9.77. The summed E-state index contributed by atoms with van der Waals surface area (Å²) in [6.07, 6.45) is -2.72. The molecule has 32 heavy (non-hydrogen) atoms. The Morgan fingerprint density at radius 1 is 1.34 bits per heavy atom. The predicted molar refractivity (Wildman–Crippen MR) is 110 cm³/mol. The molecule has 170 valence electrons. The summed E-state index contributed by atoms with van der Waals surface area (Å²) in [4.78, 5) is 18.5. The summed E-state index contributed by atoms with van der Waals surface area (Å²) in [5, 5.41) is 13.4. The lowest BCUT2D eigenvalue weighted by atomic mass is 9.95. The number of carbonyl (C=O) groups excluding carboxylic acids is 1. The quantitative estimate of drug-likeness (QED) is 0.339. The molecular formula is C19H16Cl2F3N5O3. The van der Waals surface area contributed by atoms with Crippen LogP contribution in [0.4, 0.5) is 19.0 Å². The molecule has 0 aliphatic heterocycles. The highest BCUT2D eigenvalue weighted by Crippen LogP contribution is 2.54. The van der Waals surface area contributed by atoms with Crippen molar-refractivity contribution in [1.29, 1.82) is 5.26 Å². The zero-order chi connectivity index (χ0) is 23.8. The van der Waals surface area contributed by atoms with E-state index in [1.165, 1.54) is 13.4 Å². The zero-order valence-corrected chi connectivity index (χ0v) is 18.5. The molecule has 0 saturated heterocycles. The first kappa shape index (κ1) is 23.7. The number of aromatic nitrogens is 2. The van der Waals surface area contributed by atoms with Gasteiger partial charge in [-0.3, -0.25) is 4.79 Å². The maximum atomic E-state index is 12.6. The second-order valence-electron chi connectivity index (χ2n) is 7.14. The minimum Gasteiger partial charge on any atom is -0.468 e. The van der Waals surface area contributed by atoms with Gasteiger partial charge in [0.25, 0.3) is 0 Å². The fraction of sp³-hybridized carbons (Fsp3) is 0.368. The van der Waals surface area contributed by atoms with E-state index in [-0.39, 0.29) is 32.8 Å². The van der Waals surface area contributed by atoms with Gasteiger partial charge in [0, 0.05) is 26.2 Å². The Hall–Kier alpha value is -2.97. The highest BCUT2D eigenvalue weighted by Gasteiger charge is 2.57. The standard InChI is InChI=1S/C19H16Cl2F3N5O3/c1-28(2)9-26-16-14(18(4-5-18)17(30)31-3)13(8-25)27-29(16)15-11(20)6-10(7-12(15)21)32-19(22,23)24/h6-7,9H,4-5H2,1-3H3. The van der Waals surface area contributed by atoms with E-state index in [1.807, 2.05) is 6.07 Å². The molecular weight excluding hydrogens is 474 g/mol. The molecule has 1 aliphatic rings. The van der Waals surface area contributed by atoms with Gasteiger partial charge in [0.2, 0.25) is 0 Å². The average molecular weight is 490 g/mol. The minimum atomic E-state index is -4.94. The molecule has 1 aliphatic carbocycles. The number of nitriles is 1. The number of alkyl halides is 3. The number of hydrogen-bond acceptors (Lipinski definition) is 6. The number of benzene rings is 1. The lowest BCUT2D eigenvalue weighted by Gasteiger charge is -2.15. The lowest BCUT2D eigenvalue weighted by molar-refractivity contribution is -0.274. The summed E-state index contributed by atoms with van der Waals surface area (Å²) in [7, 11) is 4.63. The van der Waals surface area contributed by atoms with Gasteiger partial charge in [-0.25, -0.2) is 9.67 Å². The molecule has 13 heteroatoms. The largest absolute Gasteiger partial charge is 0.573 e. The summed E-state index contributed by atoms with van der Waals surface area (Å²) < 4.78 is 47.7. The van der Waals surface area contributed by atoms with Gasteiger partial charge in [-0.15, -0.1) is 13.2 Å². The highest BCUT2D eigenvalue weighted by atomic mass is 35.5. The van der Waals surface area contributed by atoms with Gasteiger partial charge in [0.1, 0.15) is 17.5 Å². The monoisotopic (exact) mass is 489 g/mol. The summed E-state index contributed by atoms with van der Waals surface area (Å²) in [6.45, 7) is 0. The molecule has 0 unspecified atom stereocenters. The Kier molecular flexibility index (Phi) is 6.31. The molecule has 1 aromatic heterocycles. The average Bonchev–Trinajstić information content (AvgIpc) is 3.40. The zero-order valence-electron chi connectivity index (χ0n) is 17.0. The van der Waals surface area contributed by atoms with Crippen molar-refractivity contribution in [3.8, 4) is 17.5 Å². The van der Waals surface area contributed by atoms with E-state index in [0.29, 0.717) is 12.8 Å². The molecule has 2 aromatic rings.